The molecule has 0 spiro atoms. The summed E-state index contributed by atoms with van der Waals surface area (Å²) in [6.45, 7) is 4.10. The summed E-state index contributed by atoms with van der Waals surface area (Å²) in [6, 6.07) is 8.50. The lowest BCUT2D eigenvalue weighted by Crippen LogP contribution is -2.21. The van der Waals surface area contributed by atoms with Crippen molar-refractivity contribution in [1.82, 2.24) is 14.9 Å². The number of amides is 1. The number of primary amides is 1. The number of likely N-dealkylation sites (tertiary alicyclic amines) is 1. The molecule has 1 aliphatic carbocycles. The standard InChI is InChI=1S/C22H30N6O/c23-20(29)9-11-24-21-19(17-5-6-17)15-25-22(27-21)26-18-7-3-16(4-8-18)10-14-28-12-1-2-13-28/h3-4,7-8,15,17H,1-2,5-6,9-14H2,(H2,23,29)(H2,24,25,26,27). The third kappa shape index (κ3) is 5.67. The molecule has 1 aromatic heterocycles. The van der Waals surface area contributed by atoms with E-state index < -0.39 is 0 Å². The maximum Gasteiger partial charge on any atom is 0.229 e. The average molecular weight is 395 g/mol. The Hall–Kier alpha value is -2.67. The molecule has 7 heteroatoms. The van der Waals surface area contributed by atoms with Crippen LogP contribution in [0.4, 0.5) is 17.5 Å². The number of nitrogens with one attached hydrogen (secondary N) is 2. The summed E-state index contributed by atoms with van der Waals surface area (Å²) in [5.74, 6) is 1.56. The third-order valence-electron chi connectivity index (χ3n) is 5.62. The van der Waals surface area contributed by atoms with Gasteiger partial charge in [0.25, 0.3) is 0 Å². The molecule has 4 rings (SSSR count). The van der Waals surface area contributed by atoms with E-state index in [2.05, 4.69) is 49.8 Å². The molecular weight excluding hydrogens is 364 g/mol. The Balaban J connectivity index is 1.37. The van der Waals surface area contributed by atoms with E-state index in [9.17, 15) is 4.79 Å². The number of carbonyl (C=O) groups excluding carboxylic acids is 1. The molecular formula is C22H30N6O. The lowest BCUT2D eigenvalue weighted by Gasteiger charge is -2.14. The highest BCUT2D eigenvalue weighted by Gasteiger charge is 2.27. The number of hydrogen-bond donors (Lipinski definition) is 3. The maximum absolute atomic E-state index is 11.0. The highest BCUT2D eigenvalue weighted by Crippen LogP contribution is 2.42. The van der Waals surface area contributed by atoms with Crippen molar-refractivity contribution in [2.45, 2.75) is 44.4 Å². The molecule has 0 atom stereocenters. The minimum atomic E-state index is -0.317. The first kappa shape index (κ1) is 19.6. The Labute approximate surface area is 172 Å². The van der Waals surface area contributed by atoms with E-state index in [1.807, 2.05) is 6.20 Å². The lowest BCUT2D eigenvalue weighted by molar-refractivity contribution is -0.117. The van der Waals surface area contributed by atoms with Gasteiger partial charge in [-0.3, -0.25) is 4.79 Å². The van der Waals surface area contributed by atoms with Crippen LogP contribution >= 0.6 is 0 Å². The second-order valence-electron chi connectivity index (χ2n) is 8.04. The highest BCUT2D eigenvalue weighted by atomic mass is 16.1. The van der Waals surface area contributed by atoms with E-state index in [1.165, 1.54) is 44.3 Å². The average Bonchev–Trinajstić information content (AvgIpc) is 3.42. The van der Waals surface area contributed by atoms with Gasteiger partial charge in [0.1, 0.15) is 5.82 Å². The lowest BCUT2D eigenvalue weighted by atomic mass is 10.1. The van der Waals surface area contributed by atoms with Crippen molar-refractivity contribution < 1.29 is 4.79 Å². The smallest absolute Gasteiger partial charge is 0.229 e. The zero-order valence-corrected chi connectivity index (χ0v) is 16.9. The predicted octanol–water partition coefficient (Wildman–Crippen LogP) is 3.02. The van der Waals surface area contributed by atoms with Crippen molar-refractivity contribution in [3.05, 3.63) is 41.6 Å². The summed E-state index contributed by atoms with van der Waals surface area (Å²) >= 11 is 0. The molecule has 2 aliphatic rings. The Kier molecular flexibility index (Phi) is 6.24. The van der Waals surface area contributed by atoms with Crippen LogP contribution in [0.3, 0.4) is 0 Å². The van der Waals surface area contributed by atoms with Gasteiger partial charge in [-0.1, -0.05) is 12.1 Å². The number of nitrogens with zero attached hydrogens (tertiary/aromatic N) is 3. The first-order chi connectivity index (χ1) is 14.2. The fourth-order valence-corrected chi connectivity index (χ4v) is 3.77. The Bertz CT molecular complexity index is 828. The quantitative estimate of drug-likeness (QED) is 0.573. The van der Waals surface area contributed by atoms with Crippen LogP contribution < -0.4 is 16.4 Å². The molecule has 2 fully saturated rings. The van der Waals surface area contributed by atoms with Crippen molar-refractivity contribution in [3.63, 3.8) is 0 Å². The number of benzene rings is 1. The summed E-state index contributed by atoms with van der Waals surface area (Å²) in [4.78, 5) is 22.7. The van der Waals surface area contributed by atoms with Gasteiger partial charge in [0.05, 0.1) is 0 Å². The van der Waals surface area contributed by atoms with E-state index in [4.69, 9.17) is 5.73 Å². The molecule has 1 saturated carbocycles. The number of anilines is 3. The Morgan fingerprint density at radius 2 is 1.93 bits per heavy atom. The first-order valence-corrected chi connectivity index (χ1v) is 10.6. The zero-order valence-electron chi connectivity index (χ0n) is 16.9. The van der Waals surface area contributed by atoms with Crippen LogP contribution in [-0.2, 0) is 11.2 Å². The fourth-order valence-electron chi connectivity index (χ4n) is 3.77. The maximum atomic E-state index is 11.0. The first-order valence-electron chi connectivity index (χ1n) is 10.6. The van der Waals surface area contributed by atoms with Gasteiger partial charge in [0.2, 0.25) is 11.9 Å². The van der Waals surface area contributed by atoms with Gasteiger partial charge in [0, 0.05) is 37.0 Å². The zero-order chi connectivity index (χ0) is 20.1. The topological polar surface area (TPSA) is 96.2 Å². The fraction of sp³-hybridized carbons (Fsp3) is 0.500. The van der Waals surface area contributed by atoms with Crippen LogP contribution in [0.5, 0.6) is 0 Å². The van der Waals surface area contributed by atoms with Crippen LogP contribution in [0.25, 0.3) is 0 Å². The van der Waals surface area contributed by atoms with Gasteiger partial charge in [0.15, 0.2) is 0 Å². The molecule has 29 heavy (non-hydrogen) atoms. The SMILES string of the molecule is NC(=O)CCNc1nc(Nc2ccc(CCN3CCCC3)cc2)ncc1C1CC1. The number of hydrogen-bond acceptors (Lipinski definition) is 6. The van der Waals surface area contributed by atoms with Crippen molar-refractivity contribution in [2.24, 2.45) is 5.73 Å². The van der Waals surface area contributed by atoms with Gasteiger partial charge in [-0.15, -0.1) is 0 Å². The molecule has 4 N–H and O–H groups in total. The molecule has 0 bridgehead atoms. The molecule has 154 valence electrons. The molecule has 7 nitrogen and oxygen atoms in total. The van der Waals surface area contributed by atoms with Crippen molar-refractivity contribution in [1.29, 1.82) is 0 Å². The van der Waals surface area contributed by atoms with Crippen molar-refractivity contribution in [3.8, 4) is 0 Å². The number of aromatic nitrogens is 2. The number of rotatable bonds is 10. The molecule has 2 heterocycles. The summed E-state index contributed by atoms with van der Waals surface area (Å²) in [5.41, 5.74) is 8.68. The van der Waals surface area contributed by atoms with Crippen molar-refractivity contribution >= 4 is 23.4 Å². The number of nitrogens with two attached hydrogens (primary N) is 1. The van der Waals surface area contributed by atoms with E-state index in [1.54, 1.807) is 0 Å². The molecule has 0 unspecified atom stereocenters. The minimum absolute atomic E-state index is 0.287. The van der Waals surface area contributed by atoms with Crippen molar-refractivity contribution in [2.75, 3.05) is 36.8 Å². The van der Waals surface area contributed by atoms with Crippen LogP contribution in [0.1, 0.15) is 49.1 Å². The summed E-state index contributed by atoms with van der Waals surface area (Å²) < 4.78 is 0. The molecule has 1 aliphatic heterocycles. The second kappa shape index (κ2) is 9.22. The van der Waals surface area contributed by atoms with E-state index >= 15 is 0 Å². The predicted molar refractivity (Wildman–Crippen MR) is 115 cm³/mol. The largest absolute Gasteiger partial charge is 0.370 e. The van der Waals surface area contributed by atoms with Crippen LogP contribution in [-0.4, -0.2) is 47.0 Å². The molecule has 0 radical (unpaired) electrons. The van der Waals surface area contributed by atoms with Gasteiger partial charge >= 0.3 is 0 Å². The van der Waals surface area contributed by atoms with Crippen LogP contribution in [0.2, 0.25) is 0 Å². The van der Waals surface area contributed by atoms with E-state index in [-0.39, 0.29) is 12.3 Å². The van der Waals surface area contributed by atoms with Crippen LogP contribution in [0.15, 0.2) is 30.5 Å². The molecule has 1 saturated heterocycles. The monoisotopic (exact) mass is 394 g/mol. The van der Waals surface area contributed by atoms with E-state index in [0.29, 0.717) is 18.4 Å². The van der Waals surface area contributed by atoms with E-state index in [0.717, 1.165) is 30.0 Å². The Morgan fingerprint density at radius 1 is 1.17 bits per heavy atom. The Morgan fingerprint density at radius 3 is 2.62 bits per heavy atom. The summed E-state index contributed by atoms with van der Waals surface area (Å²) in [6.07, 6.45) is 8.27. The number of carbonyl (C=O) groups is 1. The molecule has 1 aromatic carbocycles. The van der Waals surface area contributed by atoms with Gasteiger partial charge in [-0.25, -0.2) is 4.98 Å². The second-order valence-corrected chi connectivity index (χ2v) is 8.04. The minimum Gasteiger partial charge on any atom is -0.370 e. The normalized spacial score (nSPS) is 16.7. The van der Waals surface area contributed by atoms with Gasteiger partial charge < -0.3 is 21.3 Å². The third-order valence-corrected chi connectivity index (χ3v) is 5.62. The highest BCUT2D eigenvalue weighted by molar-refractivity contribution is 5.74. The molecule has 1 amide bonds. The van der Waals surface area contributed by atoms with Crippen LogP contribution in [0, 0.1) is 0 Å². The summed E-state index contributed by atoms with van der Waals surface area (Å²) in [7, 11) is 0. The molecule has 2 aromatic rings. The van der Waals surface area contributed by atoms with Gasteiger partial charge in [-0.05, 0) is 68.8 Å². The summed E-state index contributed by atoms with van der Waals surface area (Å²) in [5, 5.41) is 6.54. The van der Waals surface area contributed by atoms with Gasteiger partial charge in [-0.2, -0.15) is 4.98 Å².